The molecule has 2 aromatic carbocycles. The molecule has 0 saturated heterocycles. The van der Waals surface area contributed by atoms with Gasteiger partial charge < -0.3 is 10.1 Å². The van der Waals surface area contributed by atoms with Crippen LogP contribution in [0.4, 0.5) is 11.4 Å². The van der Waals surface area contributed by atoms with Gasteiger partial charge in [0.25, 0.3) is 0 Å². The molecular weight excluding hydrogens is 210 g/mol. The molecule has 0 radical (unpaired) electrons. The molecule has 2 aromatic rings. The number of benzene rings is 2. The maximum Gasteiger partial charge on any atom is 0.142 e. The van der Waals surface area contributed by atoms with Crippen molar-refractivity contribution in [1.82, 2.24) is 0 Å². The molecule has 0 aliphatic rings. The van der Waals surface area contributed by atoms with E-state index in [-0.39, 0.29) is 0 Å². The van der Waals surface area contributed by atoms with E-state index in [1.807, 2.05) is 24.3 Å². The third-order valence-corrected chi connectivity index (χ3v) is 2.72. The fraction of sp³-hybridized carbons (Fsp3) is 0.200. The Morgan fingerprint density at radius 1 is 1.06 bits per heavy atom. The van der Waals surface area contributed by atoms with Crippen molar-refractivity contribution in [1.29, 1.82) is 0 Å². The summed E-state index contributed by atoms with van der Waals surface area (Å²) in [5.74, 6) is 0.856. The maximum absolute atomic E-state index is 5.31. The number of hydrogen-bond acceptors (Lipinski definition) is 2. The largest absolute Gasteiger partial charge is 0.495 e. The second kappa shape index (κ2) is 5.39. The van der Waals surface area contributed by atoms with E-state index in [1.54, 1.807) is 7.11 Å². The van der Waals surface area contributed by atoms with Gasteiger partial charge in [-0.2, -0.15) is 0 Å². The Kier molecular flexibility index (Phi) is 3.66. The highest BCUT2D eigenvalue weighted by atomic mass is 16.5. The highest BCUT2D eigenvalue weighted by molar-refractivity contribution is 5.66. The lowest BCUT2D eigenvalue weighted by molar-refractivity contribution is 0.417. The van der Waals surface area contributed by atoms with E-state index in [1.165, 1.54) is 5.56 Å². The van der Waals surface area contributed by atoms with E-state index in [0.717, 1.165) is 23.5 Å². The fourth-order valence-electron chi connectivity index (χ4n) is 1.77. The molecule has 1 N–H and O–H groups in total. The zero-order valence-electron chi connectivity index (χ0n) is 10.2. The molecule has 0 aliphatic carbocycles. The van der Waals surface area contributed by atoms with Gasteiger partial charge in [0, 0.05) is 5.69 Å². The zero-order chi connectivity index (χ0) is 12.1. The van der Waals surface area contributed by atoms with Crippen LogP contribution >= 0.6 is 0 Å². The topological polar surface area (TPSA) is 21.3 Å². The molecule has 0 heterocycles. The number of aryl methyl sites for hydroxylation is 1. The maximum atomic E-state index is 5.31. The smallest absolute Gasteiger partial charge is 0.142 e. The number of hydrogen-bond donors (Lipinski definition) is 1. The van der Waals surface area contributed by atoms with E-state index >= 15 is 0 Å². The average Bonchev–Trinajstić information content (AvgIpc) is 2.39. The molecule has 0 amide bonds. The van der Waals surface area contributed by atoms with Gasteiger partial charge in [-0.1, -0.05) is 31.2 Å². The zero-order valence-corrected chi connectivity index (χ0v) is 10.2. The van der Waals surface area contributed by atoms with Gasteiger partial charge in [0.15, 0.2) is 0 Å². The van der Waals surface area contributed by atoms with Crippen molar-refractivity contribution in [3.63, 3.8) is 0 Å². The highest BCUT2D eigenvalue weighted by Gasteiger charge is 2.01. The first kappa shape index (κ1) is 11.5. The van der Waals surface area contributed by atoms with Crippen LogP contribution in [0.3, 0.4) is 0 Å². The van der Waals surface area contributed by atoms with Gasteiger partial charge in [0.05, 0.1) is 12.8 Å². The number of para-hydroxylation sites is 2. The monoisotopic (exact) mass is 227 g/mol. The normalized spacial score (nSPS) is 10.0. The minimum atomic E-state index is 0.856. The molecule has 88 valence electrons. The summed E-state index contributed by atoms with van der Waals surface area (Å²) in [6.07, 6.45) is 1.04. The van der Waals surface area contributed by atoms with Crippen LogP contribution in [0.2, 0.25) is 0 Å². The predicted molar refractivity (Wildman–Crippen MR) is 72.1 cm³/mol. The third kappa shape index (κ3) is 2.78. The van der Waals surface area contributed by atoms with Crippen molar-refractivity contribution in [3.05, 3.63) is 54.1 Å². The molecule has 0 atom stereocenters. The third-order valence-electron chi connectivity index (χ3n) is 2.72. The molecule has 0 spiro atoms. The summed E-state index contributed by atoms with van der Waals surface area (Å²) >= 11 is 0. The van der Waals surface area contributed by atoms with Crippen molar-refractivity contribution < 1.29 is 4.74 Å². The standard InChI is InChI=1S/C15H17NO/c1-3-12-7-6-8-13(11-12)16-14-9-4-5-10-15(14)17-2/h4-11,16H,3H2,1-2H3. The Labute approximate surface area is 102 Å². The number of methoxy groups -OCH3 is 1. The lowest BCUT2D eigenvalue weighted by Crippen LogP contribution is -1.94. The van der Waals surface area contributed by atoms with E-state index < -0.39 is 0 Å². The summed E-state index contributed by atoms with van der Waals surface area (Å²) in [6.45, 7) is 2.15. The van der Waals surface area contributed by atoms with Gasteiger partial charge in [0.2, 0.25) is 0 Å². The molecule has 2 nitrogen and oxygen atoms in total. The van der Waals surface area contributed by atoms with Crippen LogP contribution in [0.15, 0.2) is 48.5 Å². The SMILES string of the molecule is CCc1cccc(Nc2ccccc2OC)c1. The Hall–Kier alpha value is -1.96. The molecule has 0 fully saturated rings. The second-order valence-corrected chi connectivity index (χ2v) is 3.88. The van der Waals surface area contributed by atoms with E-state index in [9.17, 15) is 0 Å². The number of rotatable bonds is 4. The number of anilines is 2. The Balaban J connectivity index is 2.24. The van der Waals surface area contributed by atoms with Crippen molar-refractivity contribution in [2.75, 3.05) is 12.4 Å². The molecule has 0 aromatic heterocycles. The molecule has 0 unspecified atom stereocenters. The Bertz CT molecular complexity index is 494. The number of ether oxygens (including phenoxy) is 1. The molecular formula is C15H17NO. The van der Waals surface area contributed by atoms with Crippen LogP contribution in [-0.4, -0.2) is 7.11 Å². The minimum Gasteiger partial charge on any atom is -0.495 e. The summed E-state index contributed by atoms with van der Waals surface area (Å²) < 4.78 is 5.31. The first-order chi connectivity index (χ1) is 8.33. The van der Waals surface area contributed by atoms with Gasteiger partial charge in [0.1, 0.15) is 5.75 Å². The summed E-state index contributed by atoms with van der Waals surface area (Å²) in [5, 5.41) is 3.37. The molecule has 17 heavy (non-hydrogen) atoms. The molecule has 2 heteroatoms. The summed E-state index contributed by atoms with van der Waals surface area (Å²) in [5.41, 5.74) is 3.40. The fourth-order valence-corrected chi connectivity index (χ4v) is 1.77. The van der Waals surface area contributed by atoms with Crippen LogP contribution in [0.25, 0.3) is 0 Å². The quantitative estimate of drug-likeness (QED) is 0.852. The van der Waals surface area contributed by atoms with Gasteiger partial charge in [-0.05, 0) is 36.2 Å². The molecule has 2 rings (SSSR count). The highest BCUT2D eigenvalue weighted by Crippen LogP contribution is 2.27. The summed E-state index contributed by atoms with van der Waals surface area (Å²) in [4.78, 5) is 0. The summed E-state index contributed by atoms with van der Waals surface area (Å²) in [7, 11) is 1.68. The van der Waals surface area contributed by atoms with Gasteiger partial charge in [-0.25, -0.2) is 0 Å². The predicted octanol–water partition coefficient (Wildman–Crippen LogP) is 4.00. The Morgan fingerprint density at radius 2 is 1.88 bits per heavy atom. The van der Waals surface area contributed by atoms with E-state index in [0.29, 0.717) is 0 Å². The summed E-state index contributed by atoms with van der Waals surface area (Å²) in [6, 6.07) is 16.3. The molecule has 0 bridgehead atoms. The lowest BCUT2D eigenvalue weighted by atomic mass is 10.1. The van der Waals surface area contributed by atoms with E-state index in [2.05, 4.69) is 36.5 Å². The van der Waals surface area contributed by atoms with Gasteiger partial charge >= 0.3 is 0 Å². The average molecular weight is 227 g/mol. The molecule has 0 saturated carbocycles. The van der Waals surface area contributed by atoms with Crippen molar-refractivity contribution in [2.24, 2.45) is 0 Å². The molecule has 0 aliphatic heterocycles. The van der Waals surface area contributed by atoms with Crippen LogP contribution in [0.5, 0.6) is 5.75 Å². The second-order valence-electron chi connectivity index (χ2n) is 3.88. The van der Waals surface area contributed by atoms with Crippen LogP contribution in [0, 0.1) is 0 Å². The van der Waals surface area contributed by atoms with Crippen molar-refractivity contribution >= 4 is 11.4 Å². The number of nitrogens with one attached hydrogen (secondary N) is 1. The van der Waals surface area contributed by atoms with Gasteiger partial charge in [-0.15, -0.1) is 0 Å². The first-order valence-corrected chi connectivity index (χ1v) is 5.82. The minimum absolute atomic E-state index is 0.856. The van der Waals surface area contributed by atoms with Crippen LogP contribution < -0.4 is 10.1 Å². The van der Waals surface area contributed by atoms with E-state index in [4.69, 9.17) is 4.74 Å². The lowest BCUT2D eigenvalue weighted by Gasteiger charge is -2.11. The Morgan fingerprint density at radius 3 is 2.65 bits per heavy atom. The van der Waals surface area contributed by atoms with Crippen LogP contribution in [-0.2, 0) is 6.42 Å². The van der Waals surface area contributed by atoms with Crippen molar-refractivity contribution in [3.8, 4) is 5.75 Å². The first-order valence-electron chi connectivity index (χ1n) is 5.82. The van der Waals surface area contributed by atoms with Crippen molar-refractivity contribution in [2.45, 2.75) is 13.3 Å². The van der Waals surface area contributed by atoms with Gasteiger partial charge in [-0.3, -0.25) is 0 Å². The van der Waals surface area contributed by atoms with Crippen LogP contribution in [0.1, 0.15) is 12.5 Å².